The Hall–Kier alpha value is -2.22. The van der Waals surface area contributed by atoms with E-state index in [0.29, 0.717) is 23.4 Å². The van der Waals surface area contributed by atoms with E-state index in [9.17, 15) is 14.4 Å². The number of nitrogens with one attached hydrogen (secondary N) is 2. The first kappa shape index (κ1) is 17.8. The zero-order valence-corrected chi connectivity index (χ0v) is 13.2. The molecule has 0 unspecified atom stereocenters. The van der Waals surface area contributed by atoms with E-state index in [4.69, 9.17) is 5.73 Å². The maximum atomic E-state index is 12.2. The Morgan fingerprint density at radius 2 is 2.09 bits per heavy atom. The molecule has 0 aliphatic rings. The number of primary amides is 1. The van der Waals surface area contributed by atoms with Gasteiger partial charge in [-0.25, -0.2) is 9.59 Å². The third kappa shape index (κ3) is 5.65. The van der Waals surface area contributed by atoms with Gasteiger partial charge in [0.1, 0.15) is 6.04 Å². The van der Waals surface area contributed by atoms with Crippen molar-refractivity contribution in [2.75, 3.05) is 24.4 Å². The summed E-state index contributed by atoms with van der Waals surface area (Å²) in [6.07, 6.45) is 2.35. The second-order valence-electron chi connectivity index (χ2n) is 4.40. The van der Waals surface area contributed by atoms with Gasteiger partial charge in [0.2, 0.25) is 5.91 Å². The van der Waals surface area contributed by atoms with Crippen LogP contribution in [0.5, 0.6) is 0 Å². The average molecular weight is 325 g/mol. The highest BCUT2D eigenvalue weighted by Gasteiger charge is 2.19. The molecule has 120 valence electrons. The number of nitrogens with two attached hydrogens (primary N) is 1. The first-order chi connectivity index (χ1) is 10.5. The number of benzene rings is 1. The Labute approximate surface area is 133 Å². The summed E-state index contributed by atoms with van der Waals surface area (Å²) in [5.74, 6) is -0.194. The van der Waals surface area contributed by atoms with Gasteiger partial charge in [-0.05, 0) is 36.6 Å². The summed E-state index contributed by atoms with van der Waals surface area (Å²) in [6, 6.07) is 4.85. The molecule has 1 atom stereocenters. The Kier molecular flexibility index (Phi) is 7.24. The molecule has 1 aromatic carbocycles. The molecule has 0 fully saturated rings. The smallest absolute Gasteiger partial charge is 0.337 e. The molecule has 22 heavy (non-hydrogen) atoms. The lowest BCUT2D eigenvalue weighted by Gasteiger charge is -2.17. The third-order valence-electron chi connectivity index (χ3n) is 2.79. The minimum absolute atomic E-state index is 0.323. The van der Waals surface area contributed by atoms with Gasteiger partial charge in [0.25, 0.3) is 0 Å². The van der Waals surface area contributed by atoms with Crippen molar-refractivity contribution in [1.29, 1.82) is 0 Å². The Bertz CT molecular complexity index is 551. The van der Waals surface area contributed by atoms with Crippen LogP contribution in [0, 0.1) is 0 Å². The molecule has 0 aliphatic carbocycles. The largest absolute Gasteiger partial charge is 0.465 e. The Morgan fingerprint density at radius 1 is 1.36 bits per heavy atom. The van der Waals surface area contributed by atoms with Crippen molar-refractivity contribution in [3.05, 3.63) is 29.8 Å². The highest BCUT2D eigenvalue weighted by Crippen LogP contribution is 2.13. The van der Waals surface area contributed by atoms with E-state index < -0.39 is 23.9 Å². The number of amides is 3. The summed E-state index contributed by atoms with van der Waals surface area (Å²) in [6.45, 7) is 0. The summed E-state index contributed by atoms with van der Waals surface area (Å²) in [5.41, 5.74) is 5.84. The Balaban J connectivity index is 2.79. The number of carbonyl (C=O) groups is 3. The summed E-state index contributed by atoms with van der Waals surface area (Å²) in [5, 5.41) is 5.05. The topological polar surface area (TPSA) is 111 Å². The summed E-state index contributed by atoms with van der Waals surface area (Å²) < 4.78 is 4.62. The number of anilines is 1. The van der Waals surface area contributed by atoms with Crippen molar-refractivity contribution >= 4 is 35.4 Å². The molecule has 0 heterocycles. The summed E-state index contributed by atoms with van der Waals surface area (Å²) in [4.78, 5) is 34.6. The maximum absolute atomic E-state index is 12.2. The lowest BCUT2D eigenvalue weighted by atomic mass is 10.1. The molecular weight excluding hydrogens is 306 g/mol. The molecule has 4 N–H and O–H groups in total. The van der Waals surface area contributed by atoms with E-state index in [1.54, 1.807) is 30.0 Å². The van der Waals surface area contributed by atoms with E-state index in [0.717, 1.165) is 0 Å². The molecule has 0 aromatic heterocycles. The fraction of sp³-hybridized carbons (Fsp3) is 0.357. The van der Waals surface area contributed by atoms with Crippen LogP contribution in [0.15, 0.2) is 24.3 Å². The predicted molar refractivity (Wildman–Crippen MR) is 85.9 cm³/mol. The van der Waals surface area contributed by atoms with Gasteiger partial charge in [-0.3, -0.25) is 4.79 Å². The number of ether oxygens (including phenoxy) is 1. The zero-order chi connectivity index (χ0) is 16.5. The molecular formula is C14H19N3O4S. The van der Waals surface area contributed by atoms with Crippen molar-refractivity contribution in [2.24, 2.45) is 5.73 Å². The van der Waals surface area contributed by atoms with Gasteiger partial charge >= 0.3 is 12.0 Å². The van der Waals surface area contributed by atoms with Gasteiger partial charge in [0.15, 0.2) is 0 Å². The molecule has 1 rings (SSSR count). The molecule has 1 aromatic rings. The number of carbonyl (C=O) groups excluding carboxylic acids is 3. The Morgan fingerprint density at radius 3 is 2.68 bits per heavy atom. The molecule has 0 spiro atoms. The number of methoxy groups -OCH3 is 1. The number of thioether (sulfide) groups is 1. The van der Waals surface area contributed by atoms with E-state index in [1.807, 2.05) is 6.26 Å². The van der Waals surface area contributed by atoms with Crippen LogP contribution in [0.1, 0.15) is 16.8 Å². The quantitative estimate of drug-likeness (QED) is 0.652. The molecule has 3 amide bonds. The minimum atomic E-state index is -0.760. The zero-order valence-electron chi connectivity index (χ0n) is 12.4. The van der Waals surface area contributed by atoms with Gasteiger partial charge in [0, 0.05) is 5.69 Å². The van der Waals surface area contributed by atoms with Crippen LogP contribution in [0.3, 0.4) is 0 Å². The van der Waals surface area contributed by atoms with Crippen molar-refractivity contribution in [3.63, 3.8) is 0 Å². The van der Waals surface area contributed by atoms with Gasteiger partial charge in [-0.2, -0.15) is 11.8 Å². The fourth-order valence-electron chi connectivity index (χ4n) is 1.75. The summed E-state index contributed by atoms with van der Waals surface area (Å²) >= 11 is 1.56. The fourth-order valence-corrected chi connectivity index (χ4v) is 2.22. The predicted octanol–water partition coefficient (Wildman–Crippen LogP) is 1.20. The molecule has 0 saturated carbocycles. The van der Waals surface area contributed by atoms with Crippen LogP contribution in [-0.2, 0) is 9.53 Å². The van der Waals surface area contributed by atoms with E-state index >= 15 is 0 Å². The highest BCUT2D eigenvalue weighted by atomic mass is 32.2. The monoisotopic (exact) mass is 325 g/mol. The van der Waals surface area contributed by atoms with Crippen LogP contribution in [0.25, 0.3) is 0 Å². The third-order valence-corrected chi connectivity index (χ3v) is 3.44. The van der Waals surface area contributed by atoms with Crippen LogP contribution in [-0.4, -0.2) is 43.1 Å². The first-order valence-electron chi connectivity index (χ1n) is 6.52. The lowest BCUT2D eigenvalue weighted by molar-refractivity contribution is -0.117. The van der Waals surface area contributed by atoms with Crippen LogP contribution >= 0.6 is 11.8 Å². The minimum Gasteiger partial charge on any atom is -0.465 e. The summed E-state index contributed by atoms with van der Waals surface area (Å²) in [7, 11) is 1.28. The van der Waals surface area contributed by atoms with Crippen molar-refractivity contribution in [1.82, 2.24) is 5.32 Å². The highest BCUT2D eigenvalue weighted by molar-refractivity contribution is 7.98. The van der Waals surface area contributed by atoms with Gasteiger partial charge in [-0.15, -0.1) is 0 Å². The van der Waals surface area contributed by atoms with Gasteiger partial charge in [-0.1, -0.05) is 6.07 Å². The number of esters is 1. The molecule has 0 radical (unpaired) electrons. The molecule has 7 nitrogen and oxygen atoms in total. The van der Waals surface area contributed by atoms with Gasteiger partial charge < -0.3 is 21.1 Å². The first-order valence-corrected chi connectivity index (χ1v) is 7.91. The molecule has 0 aliphatic heterocycles. The average Bonchev–Trinajstić information content (AvgIpc) is 2.50. The second-order valence-corrected chi connectivity index (χ2v) is 5.39. The SMILES string of the molecule is COC(=O)c1cccc(NC(=O)[C@H](CCSC)NC(N)=O)c1. The second kappa shape index (κ2) is 8.93. The number of urea groups is 1. The van der Waals surface area contributed by atoms with Crippen molar-refractivity contribution < 1.29 is 19.1 Å². The molecule has 0 bridgehead atoms. The van der Waals surface area contributed by atoms with Crippen LogP contribution in [0.2, 0.25) is 0 Å². The number of hydrogen-bond acceptors (Lipinski definition) is 5. The van der Waals surface area contributed by atoms with Crippen molar-refractivity contribution in [2.45, 2.75) is 12.5 Å². The standard InChI is InChI=1S/C14H19N3O4S/c1-21-13(19)9-4-3-5-10(8-9)16-12(18)11(6-7-22-2)17-14(15)20/h3-5,8,11H,6-7H2,1-2H3,(H,16,18)(H3,15,17,20)/t11-/m0/s1. The maximum Gasteiger partial charge on any atom is 0.337 e. The lowest BCUT2D eigenvalue weighted by Crippen LogP contribution is -2.46. The van der Waals surface area contributed by atoms with Crippen LogP contribution < -0.4 is 16.4 Å². The molecule has 8 heteroatoms. The van der Waals surface area contributed by atoms with Crippen LogP contribution in [0.4, 0.5) is 10.5 Å². The molecule has 0 saturated heterocycles. The van der Waals surface area contributed by atoms with E-state index in [2.05, 4.69) is 15.4 Å². The van der Waals surface area contributed by atoms with E-state index in [1.165, 1.54) is 13.2 Å². The van der Waals surface area contributed by atoms with Crippen molar-refractivity contribution in [3.8, 4) is 0 Å². The number of hydrogen-bond donors (Lipinski definition) is 3. The number of rotatable bonds is 7. The van der Waals surface area contributed by atoms with Gasteiger partial charge in [0.05, 0.1) is 12.7 Å². The normalized spacial score (nSPS) is 11.4. The van der Waals surface area contributed by atoms with E-state index in [-0.39, 0.29) is 0 Å².